The SMILES string of the molecule is CN(C)CCN/C=C(/C#N)C(=O)Nc1ccc(Cl)cc1Cl. The highest BCUT2D eigenvalue weighted by Crippen LogP contribution is 2.25. The monoisotopic (exact) mass is 326 g/mol. The number of halogens is 2. The second kappa shape index (κ2) is 8.53. The summed E-state index contributed by atoms with van der Waals surface area (Å²) in [5.41, 5.74) is 0.375. The Bertz CT molecular complexity index is 579. The number of nitrogens with zero attached hydrogens (tertiary/aromatic N) is 2. The van der Waals surface area contributed by atoms with Crippen molar-refractivity contribution in [3.05, 3.63) is 40.0 Å². The van der Waals surface area contributed by atoms with Gasteiger partial charge in [0.15, 0.2) is 0 Å². The molecule has 0 atom stereocenters. The number of amides is 1. The molecule has 0 saturated heterocycles. The first-order chi connectivity index (χ1) is 9.93. The molecule has 5 nitrogen and oxygen atoms in total. The lowest BCUT2D eigenvalue weighted by atomic mass is 10.2. The zero-order chi connectivity index (χ0) is 15.8. The Morgan fingerprint density at radius 3 is 2.71 bits per heavy atom. The lowest BCUT2D eigenvalue weighted by Crippen LogP contribution is -2.24. The van der Waals surface area contributed by atoms with Crippen molar-refractivity contribution in [1.82, 2.24) is 10.2 Å². The number of anilines is 1. The second-order valence-electron chi connectivity index (χ2n) is 4.51. The van der Waals surface area contributed by atoms with Crippen LogP contribution in [0, 0.1) is 11.3 Å². The van der Waals surface area contributed by atoms with Crippen LogP contribution >= 0.6 is 23.2 Å². The average molecular weight is 327 g/mol. The summed E-state index contributed by atoms with van der Waals surface area (Å²) in [6, 6.07) is 6.55. The van der Waals surface area contributed by atoms with Crippen LogP contribution < -0.4 is 10.6 Å². The van der Waals surface area contributed by atoms with E-state index in [0.29, 0.717) is 22.3 Å². The average Bonchev–Trinajstić information content (AvgIpc) is 2.41. The highest BCUT2D eigenvalue weighted by atomic mass is 35.5. The van der Waals surface area contributed by atoms with Gasteiger partial charge in [0, 0.05) is 24.3 Å². The molecule has 1 aromatic carbocycles. The summed E-state index contributed by atoms with van der Waals surface area (Å²) in [5.74, 6) is -0.529. The summed E-state index contributed by atoms with van der Waals surface area (Å²) in [7, 11) is 3.87. The van der Waals surface area contributed by atoms with Crippen molar-refractivity contribution in [3.63, 3.8) is 0 Å². The Morgan fingerprint density at radius 2 is 2.14 bits per heavy atom. The zero-order valence-electron chi connectivity index (χ0n) is 11.8. The molecular formula is C14H16Cl2N4O. The summed E-state index contributed by atoms with van der Waals surface area (Å²) < 4.78 is 0. The van der Waals surface area contributed by atoms with Gasteiger partial charge >= 0.3 is 0 Å². The van der Waals surface area contributed by atoms with E-state index in [-0.39, 0.29) is 5.57 Å². The molecule has 2 N–H and O–H groups in total. The maximum atomic E-state index is 12.0. The van der Waals surface area contributed by atoms with Crippen molar-refractivity contribution in [2.45, 2.75) is 0 Å². The fraction of sp³-hybridized carbons (Fsp3) is 0.286. The van der Waals surface area contributed by atoms with E-state index >= 15 is 0 Å². The third-order valence-corrected chi connectivity index (χ3v) is 3.04. The van der Waals surface area contributed by atoms with Gasteiger partial charge < -0.3 is 15.5 Å². The summed E-state index contributed by atoms with van der Waals surface area (Å²) in [6.45, 7) is 1.42. The molecule has 0 spiro atoms. The lowest BCUT2D eigenvalue weighted by molar-refractivity contribution is -0.112. The van der Waals surface area contributed by atoms with Crippen LogP contribution in [0.25, 0.3) is 0 Å². The molecule has 0 saturated carbocycles. The molecule has 0 fully saturated rings. The fourth-order valence-corrected chi connectivity index (χ4v) is 1.85. The molecule has 0 aliphatic heterocycles. The Hall–Kier alpha value is -1.74. The Labute approximate surface area is 134 Å². The quantitative estimate of drug-likeness (QED) is 0.478. The summed E-state index contributed by atoms with van der Waals surface area (Å²) in [6.07, 6.45) is 1.39. The normalized spacial score (nSPS) is 11.1. The van der Waals surface area contributed by atoms with Gasteiger partial charge in [0.2, 0.25) is 0 Å². The van der Waals surface area contributed by atoms with E-state index in [1.165, 1.54) is 12.3 Å². The van der Waals surface area contributed by atoms with Crippen LogP contribution in [0.2, 0.25) is 10.0 Å². The first-order valence-electron chi connectivity index (χ1n) is 6.19. The van der Waals surface area contributed by atoms with Gasteiger partial charge in [0.1, 0.15) is 11.6 Å². The number of nitrogens with one attached hydrogen (secondary N) is 2. The summed E-state index contributed by atoms with van der Waals surface area (Å²) in [4.78, 5) is 14.0. The Morgan fingerprint density at radius 1 is 1.43 bits per heavy atom. The van der Waals surface area contributed by atoms with Crippen LogP contribution in [0.5, 0.6) is 0 Å². The molecule has 1 rings (SSSR count). The van der Waals surface area contributed by atoms with E-state index in [2.05, 4.69) is 10.6 Å². The molecular weight excluding hydrogens is 311 g/mol. The maximum absolute atomic E-state index is 12.0. The van der Waals surface area contributed by atoms with Crippen molar-refractivity contribution in [2.75, 3.05) is 32.5 Å². The minimum atomic E-state index is -0.529. The topological polar surface area (TPSA) is 68.2 Å². The van der Waals surface area contributed by atoms with Crippen LogP contribution in [-0.2, 0) is 4.79 Å². The number of likely N-dealkylation sites (N-methyl/N-ethyl adjacent to an activating group) is 1. The van der Waals surface area contributed by atoms with Crippen LogP contribution in [-0.4, -0.2) is 38.0 Å². The molecule has 1 aromatic rings. The maximum Gasteiger partial charge on any atom is 0.267 e. The van der Waals surface area contributed by atoms with E-state index in [4.69, 9.17) is 28.5 Å². The van der Waals surface area contributed by atoms with E-state index in [9.17, 15) is 4.79 Å². The van der Waals surface area contributed by atoms with Crippen LogP contribution in [0.3, 0.4) is 0 Å². The number of nitriles is 1. The molecule has 1 amide bonds. The molecule has 0 unspecified atom stereocenters. The predicted octanol–water partition coefficient (Wildman–Crippen LogP) is 2.49. The van der Waals surface area contributed by atoms with E-state index < -0.39 is 5.91 Å². The minimum absolute atomic E-state index is 0.0280. The van der Waals surface area contributed by atoms with Crippen molar-refractivity contribution >= 4 is 34.8 Å². The summed E-state index contributed by atoms with van der Waals surface area (Å²) >= 11 is 11.7. The third kappa shape index (κ3) is 6.05. The lowest BCUT2D eigenvalue weighted by Gasteiger charge is -2.09. The van der Waals surface area contributed by atoms with Gasteiger partial charge in [-0.15, -0.1) is 0 Å². The first kappa shape index (κ1) is 17.3. The van der Waals surface area contributed by atoms with Gasteiger partial charge in [0.25, 0.3) is 5.91 Å². The van der Waals surface area contributed by atoms with Crippen molar-refractivity contribution in [2.24, 2.45) is 0 Å². The van der Waals surface area contributed by atoms with E-state index in [0.717, 1.165) is 6.54 Å². The van der Waals surface area contributed by atoms with E-state index in [1.807, 2.05) is 25.1 Å². The molecule has 7 heteroatoms. The van der Waals surface area contributed by atoms with E-state index in [1.54, 1.807) is 12.1 Å². The van der Waals surface area contributed by atoms with Crippen LogP contribution in [0.15, 0.2) is 30.0 Å². The summed E-state index contributed by atoms with van der Waals surface area (Å²) in [5, 5.41) is 15.3. The standard InChI is InChI=1S/C14H16Cl2N4O/c1-20(2)6-5-18-9-10(8-17)14(21)19-13-4-3-11(15)7-12(13)16/h3-4,7,9,18H,5-6H2,1-2H3,(H,19,21)/b10-9-. The Balaban J connectivity index is 2.67. The van der Waals surface area contributed by atoms with Crippen molar-refractivity contribution in [1.29, 1.82) is 5.26 Å². The predicted molar refractivity (Wildman–Crippen MR) is 85.3 cm³/mol. The van der Waals surface area contributed by atoms with Gasteiger partial charge in [-0.25, -0.2) is 0 Å². The minimum Gasteiger partial charge on any atom is -0.388 e. The molecule has 0 heterocycles. The van der Waals surface area contributed by atoms with Crippen molar-refractivity contribution in [3.8, 4) is 6.07 Å². The molecule has 21 heavy (non-hydrogen) atoms. The number of rotatable bonds is 6. The van der Waals surface area contributed by atoms with Crippen molar-refractivity contribution < 1.29 is 4.79 Å². The largest absolute Gasteiger partial charge is 0.388 e. The number of hydrogen-bond donors (Lipinski definition) is 2. The molecule has 112 valence electrons. The van der Waals surface area contributed by atoms with Gasteiger partial charge in [-0.3, -0.25) is 4.79 Å². The molecule has 0 bridgehead atoms. The van der Waals surface area contributed by atoms with Gasteiger partial charge in [0.05, 0.1) is 10.7 Å². The molecule has 0 aliphatic carbocycles. The third-order valence-electron chi connectivity index (χ3n) is 2.49. The highest BCUT2D eigenvalue weighted by Gasteiger charge is 2.11. The van der Waals surface area contributed by atoms with Crippen LogP contribution in [0.1, 0.15) is 0 Å². The molecule has 0 aromatic heterocycles. The number of benzene rings is 1. The molecule has 0 aliphatic rings. The fourth-order valence-electron chi connectivity index (χ4n) is 1.39. The molecule has 0 radical (unpaired) electrons. The number of carbonyl (C=O) groups is 1. The van der Waals surface area contributed by atoms with Gasteiger partial charge in [-0.1, -0.05) is 23.2 Å². The van der Waals surface area contributed by atoms with Gasteiger partial charge in [-0.2, -0.15) is 5.26 Å². The number of hydrogen-bond acceptors (Lipinski definition) is 4. The van der Waals surface area contributed by atoms with Gasteiger partial charge in [-0.05, 0) is 32.3 Å². The first-order valence-corrected chi connectivity index (χ1v) is 6.94. The number of carbonyl (C=O) groups excluding carboxylic acids is 1. The zero-order valence-corrected chi connectivity index (χ0v) is 13.3. The van der Waals surface area contributed by atoms with Crippen LogP contribution in [0.4, 0.5) is 5.69 Å². The second-order valence-corrected chi connectivity index (χ2v) is 5.35. The highest BCUT2D eigenvalue weighted by molar-refractivity contribution is 6.36. The smallest absolute Gasteiger partial charge is 0.267 e. The Kier molecular flexibility index (Phi) is 7.03.